The van der Waals surface area contributed by atoms with Gasteiger partial charge in [-0.1, -0.05) is 25.4 Å². The zero-order valence-corrected chi connectivity index (χ0v) is 19.3. The van der Waals surface area contributed by atoms with Crippen molar-refractivity contribution in [1.82, 2.24) is 10.6 Å². The monoisotopic (exact) mass is 438 g/mol. The normalized spacial score (nSPS) is 16.6. The van der Waals surface area contributed by atoms with Gasteiger partial charge >= 0.3 is 12.0 Å². The first-order valence-electron chi connectivity index (χ1n) is 10.2. The molecular formula is C22H31ClN2O5. The van der Waals surface area contributed by atoms with Crippen LogP contribution < -0.4 is 20.1 Å². The predicted octanol–water partition coefficient (Wildman–Crippen LogP) is 4.74. The Kier molecular flexibility index (Phi) is 8.01. The molecule has 0 aliphatic carbocycles. The van der Waals surface area contributed by atoms with Crippen molar-refractivity contribution < 1.29 is 23.8 Å². The molecule has 1 aromatic carbocycles. The van der Waals surface area contributed by atoms with Gasteiger partial charge < -0.3 is 24.8 Å². The lowest BCUT2D eigenvalue weighted by Gasteiger charge is -2.32. The van der Waals surface area contributed by atoms with E-state index in [-0.39, 0.29) is 18.1 Å². The number of hydrogen-bond donors (Lipinski definition) is 2. The average molecular weight is 439 g/mol. The van der Waals surface area contributed by atoms with Gasteiger partial charge in [-0.05, 0) is 58.2 Å². The summed E-state index contributed by atoms with van der Waals surface area (Å²) in [4.78, 5) is 25.3. The van der Waals surface area contributed by atoms with Crippen LogP contribution in [0.15, 0.2) is 23.4 Å². The molecule has 0 saturated heterocycles. The predicted molar refractivity (Wildman–Crippen MR) is 116 cm³/mol. The van der Waals surface area contributed by atoms with Crippen LogP contribution in [0.4, 0.5) is 4.79 Å². The van der Waals surface area contributed by atoms with E-state index >= 15 is 0 Å². The van der Waals surface area contributed by atoms with Crippen LogP contribution >= 0.6 is 11.6 Å². The van der Waals surface area contributed by atoms with Gasteiger partial charge in [0, 0.05) is 5.70 Å². The molecular weight excluding hydrogens is 408 g/mol. The number of allylic oxidation sites excluding steroid dienone is 1. The Hall–Kier alpha value is -2.41. The summed E-state index contributed by atoms with van der Waals surface area (Å²) in [6.45, 7) is 13.4. The standard InChI is InChI=1S/C22H31ClN2O5/c1-8-28-16-10-14(9-15(23)20(16)29-12(4)5)19-17(21(26)30-13(6)7)18(11(2)3)24-22(27)25-19/h9-13,19H,8H2,1-7H3,(H2,24,25,27). The molecule has 0 saturated carbocycles. The Morgan fingerprint density at radius 3 is 2.33 bits per heavy atom. The second-order valence-corrected chi connectivity index (χ2v) is 8.30. The Bertz CT molecular complexity index is 833. The number of halogens is 1. The van der Waals surface area contributed by atoms with Crippen molar-refractivity contribution in [1.29, 1.82) is 0 Å². The molecule has 0 radical (unpaired) electrons. The Morgan fingerprint density at radius 2 is 1.80 bits per heavy atom. The summed E-state index contributed by atoms with van der Waals surface area (Å²) in [6, 6.07) is 2.27. The number of nitrogens with one attached hydrogen (secondary N) is 2. The minimum absolute atomic E-state index is 0.0985. The summed E-state index contributed by atoms with van der Waals surface area (Å²) in [5, 5.41) is 5.90. The second-order valence-electron chi connectivity index (χ2n) is 7.90. The van der Waals surface area contributed by atoms with Crippen molar-refractivity contribution >= 4 is 23.6 Å². The Labute approximate surface area is 183 Å². The zero-order chi connectivity index (χ0) is 22.6. The molecule has 0 fully saturated rings. The summed E-state index contributed by atoms with van der Waals surface area (Å²) < 4.78 is 17.0. The number of rotatable bonds is 8. The first-order chi connectivity index (χ1) is 14.0. The van der Waals surface area contributed by atoms with Crippen LogP contribution in [0, 0.1) is 5.92 Å². The van der Waals surface area contributed by atoms with E-state index in [0.717, 1.165) is 0 Å². The topological polar surface area (TPSA) is 85.9 Å². The maximum absolute atomic E-state index is 13.0. The summed E-state index contributed by atoms with van der Waals surface area (Å²) in [5.74, 6) is 0.280. The van der Waals surface area contributed by atoms with Crippen molar-refractivity contribution in [3.05, 3.63) is 34.0 Å². The highest BCUT2D eigenvalue weighted by Gasteiger charge is 2.36. The Balaban J connectivity index is 2.64. The number of carbonyl (C=O) groups is 2. The van der Waals surface area contributed by atoms with Crippen LogP contribution in [0.25, 0.3) is 0 Å². The van der Waals surface area contributed by atoms with E-state index in [1.165, 1.54) is 0 Å². The summed E-state index contributed by atoms with van der Waals surface area (Å²) in [5.41, 5.74) is 1.46. The molecule has 166 valence electrons. The fraction of sp³-hybridized carbons (Fsp3) is 0.545. The third-order valence-electron chi connectivity index (χ3n) is 4.26. The molecule has 2 N–H and O–H groups in total. The highest BCUT2D eigenvalue weighted by molar-refractivity contribution is 6.32. The molecule has 30 heavy (non-hydrogen) atoms. The molecule has 1 atom stereocenters. The summed E-state index contributed by atoms with van der Waals surface area (Å²) in [7, 11) is 0. The second kappa shape index (κ2) is 10.1. The van der Waals surface area contributed by atoms with Gasteiger partial charge in [-0.2, -0.15) is 0 Å². The van der Waals surface area contributed by atoms with Crippen LogP contribution in [-0.2, 0) is 9.53 Å². The molecule has 1 aliphatic heterocycles. The van der Waals surface area contributed by atoms with E-state index in [1.54, 1.807) is 26.0 Å². The third-order valence-corrected chi connectivity index (χ3v) is 4.54. The molecule has 1 unspecified atom stereocenters. The van der Waals surface area contributed by atoms with Crippen LogP contribution in [0.2, 0.25) is 5.02 Å². The molecule has 1 aliphatic rings. The number of benzene rings is 1. The molecule has 7 nitrogen and oxygen atoms in total. The lowest BCUT2D eigenvalue weighted by Crippen LogP contribution is -2.47. The third kappa shape index (κ3) is 5.59. The van der Waals surface area contributed by atoms with E-state index in [1.807, 2.05) is 34.6 Å². The minimum atomic E-state index is -0.743. The molecule has 0 bridgehead atoms. The van der Waals surface area contributed by atoms with E-state index in [9.17, 15) is 9.59 Å². The van der Waals surface area contributed by atoms with E-state index in [2.05, 4.69) is 10.6 Å². The fourth-order valence-corrected chi connectivity index (χ4v) is 3.43. The average Bonchev–Trinajstić information content (AvgIpc) is 2.62. The van der Waals surface area contributed by atoms with Crippen molar-refractivity contribution in [3.63, 3.8) is 0 Å². The highest BCUT2D eigenvalue weighted by Crippen LogP contribution is 2.41. The minimum Gasteiger partial charge on any atom is -0.490 e. The molecule has 0 aromatic heterocycles. The van der Waals surface area contributed by atoms with Crippen molar-refractivity contribution in [2.45, 2.75) is 66.7 Å². The number of amides is 2. The van der Waals surface area contributed by atoms with E-state index < -0.39 is 18.0 Å². The quantitative estimate of drug-likeness (QED) is 0.572. The van der Waals surface area contributed by atoms with Crippen molar-refractivity contribution in [2.75, 3.05) is 6.61 Å². The summed E-state index contributed by atoms with van der Waals surface area (Å²) >= 11 is 6.51. The lowest BCUT2D eigenvalue weighted by molar-refractivity contribution is -0.143. The molecule has 0 spiro atoms. The largest absolute Gasteiger partial charge is 0.490 e. The van der Waals surface area contributed by atoms with Gasteiger partial charge in [-0.15, -0.1) is 0 Å². The number of ether oxygens (including phenoxy) is 3. The van der Waals surface area contributed by atoms with Crippen LogP contribution in [-0.4, -0.2) is 30.8 Å². The highest BCUT2D eigenvalue weighted by atomic mass is 35.5. The number of carbonyl (C=O) groups excluding carboxylic acids is 2. The molecule has 2 rings (SSSR count). The molecule has 1 aromatic rings. The number of hydrogen-bond acceptors (Lipinski definition) is 5. The SMILES string of the molecule is CCOc1cc(C2NC(=O)NC(C(C)C)=C2C(=O)OC(C)C)cc(Cl)c1OC(C)C. The number of esters is 1. The van der Waals surface area contributed by atoms with Crippen LogP contribution in [0.3, 0.4) is 0 Å². The summed E-state index contributed by atoms with van der Waals surface area (Å²) in [6.07, 6.45) is -0.406. The van der Waals surface area contributed by atoms with Gasteiger partial charge in [0.2, 0.25) is 0 Å². The van der Waals surface area contributed by atoms with E-state index in [4.69, 9.17) is 25.8 Å². The van der Waals surface area contributed by atoms with Gasteiger partial charge in [0.25, 0.3) is 0 Å². The van der Waals surface area contributed by atoms with Gasteiger partial charge in [0.15, 0.2) is 11.5 Å². The van der Waals surface area contributed by atoms with E-state index in [0.29, 0.717) is 40.0 Å². The van der Waals surface area contributed by atoms with Gasteiger partial charge in [-0.3, -0.25) is 0 Å². The van der Waals surface area contributed by atoms with Gasteiger partial charge in [0.1, 0.15) is 0 Å². The van der Waals surface area contributed by atoms with Gasteiger partial charge in [-0.25, -0.2) is 9.59 Å². The molecule has 1 heterocycles. The first kappa shape index (κ1) is 23.9. The zero-order valence-electron chi connectivity index (χ0n) is 18.6. The number of urea groups is 1. The van der Waals surface area contributed by atoms with Gasteiger partial charge in [0.05, 0.1) is 35.5 Å². The fourth-order valence-electron chi connectivity index (χ4n) is 3.16. The maximum Gasteiger partial charge on any atom is 0.338 e. The van der Waals surface area contributed by atoms with Crippen molar-refractivity contribution in [3.8, 4) is 11.5 Å². The first-order valence-corrected chi connectivity index (χ1v) is 10.6. The Morgan fingerprint density at radius 1 is 1.13 bits per heavy atom. The maximum atomic E-state index is 13.0. The molecule has 2 amide bonds. The molecule has 8 heteroatoms. The smallest absolute Gasteiger partial charge is 0.338 e. The van der Waals surface area contributed by atoms with Crippen LogP contribution in [0.5, 0.6) is 11.5 Å². The lowest BCUT2D eigenvalue weighted by atomic mass is 9.91. The van der Waals surface area contributed by atoms with Crippen LogP contribution in [0.1, 0.15) is 60.1 Å². The van der Waals surface area contributed by atoms with Crippen molar-refractivity contribution in [2.24, 2.45) is 5.92 Å².